The molecule has 1 amide bonds. The van der Waals surface area contributed by atoms with Gasteiger partial charge < -0.3 is 4.42 Å². The van der Waals surface area contributed by atoms with Crippen molar-refractivity contribution in [3.8, 4) is 0 Å². The molecule has 0 radical (unpaired) electrons. The summed E-state index contributed by atoms with van der Waals surface area (Å²) in [5.74, 6) is -1.01. The van der Waals surface area contributed by atoms with E-state index in [1.54, 1.807) is 30.3 Å². The number of para-hydroxylation sites is 1. The molecular weight excluding hydrogens is 345 g/mol. The van der Waals surface area contributed by atoms with Gasteiger partial charge in [0, 0.05) is 0 Å². The Morgan fingerprint density at radius 3 is 2.92 bits per heavy atom. The summed E-state index contributed by atoms with van der Waals surface area (Å²) in [4.78, 5) is 28.8. The number of fused-ring (bicyclic) bond motifs is 2. The largest absolute Gasteiger partial charge is 0.463 e. The molecule has 0 bridgehead atoms. The standard InChI is InChI=1S/C17H10FN3O3S/c18-9-5-6-12-14(7-9)25-17(19-12)21-20-16(23)11-8-24-13-4-2-1-3-10(13)15(11)22/h1-8H,(H,19,21)(H,20,23). The Morgan fingerprint density at radius 2 is 2.04 bits per heavy atom. The van der Waals surface area contributed by atoms with Gasteiger partial charge in [0.05, 0.1) is 15.6 Å². The van der Waals surface area contributed by atoms with E-state index >= 15 is 0 Å². The lowest BCUT2D eigenvalue weighted by Crippen LogP contribution is -2.32. The van der Waals surface area contributed by atoms with Gasteiger partial charge in [0.1, 0.15) is 23.2 Å². The summed E-state index contributed by atoms with van der Waals surface area (Å²) in [5.41, 5.74) is 5.50. The lowest BCUT2D eigenvalue weighted by Gasteiger charge is -2.05. The summed E-state index contributed by atoms with van der Waals surface area (Å²) in [6.45, 7) is 0. The maximum absolute atomic E-state index is 13.2. The average molecular weight is 355 g/mol. The Hall–Kier alpha value is -3.26. The summed E-state index contributed by atoms with van der Waals surface area (Å²) < 4.78 is 19.2. The maximum atomic E-state index is 13.2. The van der Waals surface area contributed by atoms with Crippen molar-refractivity contribution >= 4 is 43.6 Å². The van der Waals surface area contributed by atoms with E-state index in [0.29, 0.717) is 26.3 Å². The predicted molar refractivity (Wildman–Crippen MR) is 93.2 cm³/mol. The molecule has 0 aliphatic rings. The van der Waals surface area contributed by atoms with Crippen LogP contribution in [0.15, 0.2) is 57.9 Å². The van der Waals surface area contributed by atoms with Crippen molar-refractivity contribution in [1.29, 1.82) is 0 Å². The van der Waals surface area contributed by atoms with Crippen molar-refractivity contribution in [2.24, 2.45) is 0 Å². The number of hydrazine groups is 1. The fourth-order valence-corrected chi connectivity index (χ4v) is 3.21. The summed E-state index contributed by atoms with van der Waals surface area (Å²) >= 11 is 1.18. The summed E-state index contributed by atoms with van der Waals surface area (Å²) in [6.07, 6.45) is 1.12. The van der Waals surface area contributed by atoms with Gasteiger partial charge in [-0.3, -0.25) is 20.4 Å². The van der Waals surface area contributed by atoms with Crippen LogP contribution in [0.2, 0.25) is 0 Å². The number of amides is 1. The lowest BCUT2D eigenvalue weighted by atomic mass is 10.2. The minimum Gasteiger partial charge on any atom is -0.463 e. The van der Waals surface area contributed by atoms with Crippen LogP contribution in [0.4, 0.5) is 9.52 Å². The van der Waals surface area contributed by atoms with Crippen LogP contribution in [0.1, 0.15) is 10.4 Å². The molecule has 0 fully saturated rings. The Kier molecular flexibility index (Phi) is 3.66. The van der Waals surface area contributed by atoms with Crippen LogP contribution < -0.4 is 16.3 Å². The normalized spacial score (nSPS) is 10.9. The number of nitrogens with one attached hydrogen (secondary N) is 2. The molecule has 2 aromatic carbocycles. The molecule has 0 atom stereocenters. The number of carbonyl (C=O) groups excluding carboxylic acids is 1. The average Bonchev–Trinajstić information content (AvgIpc) is 3.02. The quantitative estimate of drug-likeness (QED) is 0.551. The molecule has 4 rings (SSSR count). The smallest absolute Gasteiger partial charge is 0.276 e. The first kappa shape index (κ1) is 15.3. The second kappa shape index (κ2) is 5.99. The molecule has 0 aliphatic heterocycles. The highest BCUT2D eigenvalue weighted by Crippen LogP contribution is 2.25. The van der Waals surface area contributed by atoms with Gasteiger partial charge in [-0.15, -0.1) is 0 Å². The third-order valence-electron chi connectivity index (χ3n) is 3.56. The molecule has 6 nitrogen and oxygen atoms in total. The highest BCUT2D eigenvalue weighted by Gasteiger charge is 2.14. The molecule has 25 heavy (non-hydrogen) atoms. The number of halogens is 1. The van der Waals surface area contributed by atoms with Crippen molar-refractivity contribution in [3.05, 3.63) is 70.3 Å². The van der Waals surface area contributed by atoms with Gasteiger partial charge in [-0.2, -0.15) is 0 Å². The first-order valence-electron chi connectivity index (χ1n) is 7.25. The van der Waals surface area contributed by atoms with Gasteiger partial charge in [0.15, 0.2) is 0 Å². The number of carbonyl (C=O) groups is 1. The predicted octanol–water partition coefficient (Wildman–Crippen LogP) is 3.30. The van der Waals surface area contributed by atoms with E-state index in [1.807, 2.05) is 0 Å². The fraction of sp³-hybridized carbons (Fsp3) is 0. The highest BCUT2D eigenvalue weighted by molar-refractivity contribution is 7.22. The third-order valence-corrected chi connectivity index (χ3v) is 4.49. The molecule has 8 heteroatoms. The SMILES string of the molecule is O=C(NNc1nc2ccc(F)cc2s1)c1coc2ccccc2c1=O. The van der Waals surface area contributed by atoms with Gasteiger partial charge >= 0.3 is 0 Å². The van der Waals surface area contributed by atoms with Crippen LogP contribution >= 0.6 is 11.3 Å². The molecule has 2 N–H and O–H groups in total. The third kappa shape index (κ3) is 2.83. The minimum atomic E-state index is -0.648. The van der Waals surface area contributed by atoms with Crippen molar-refractivity contribution in [2.75, 3.05) is 5.43 Å². The van der Waals surface area contributed by atoms with E-state index < -0.39 is 11.3 Å². The Balaban J connectivity index is 1.57. The number of hydrogen-bond donors (Lipinski definition) is 2. The lowest BCUT2D eigenvalue weighted by molar-refractivity contribution is 0.0960. The van der Waals surface area contributed by atoms with Gasteiger partial charge in [-0.1, -0.05) is 23.5 Å². The van der Waals surface area contributed by atoms with Gasteiger partial charge in [0.25, 0.3) is 5.91 Å². The van der Waals surface area contributed by atoms with Crippen molar-refractivity contribution in [1.82, 2.24) is 10.4 Å². The summed E-state index contributed by atoms with van der Waals surface area (Å²) in [5, 5.41) is 0.699. The number of benzene rings is 2. The summed E-state index contributed by atoms with van der Waals surface area (Å²) in [6, 6.07) is 10.9. The van der Waals surface area contributed by atoms with E-state index in [9.17, 15) is 14.0 Å². The molecule has 0 saturated heterocycles. The zero-order valence-corrected chi connectivity index (χ0v) is 13.4. The van der Waals surface area contributed by atoms with E-state index in [4.69, 9.17) is 4.42 Å². The van der Waals surface area contributed by atoms with Crippen molar-refractivity contribution in [2.45, 2.75) is 0 Å². The van der Waals surface area contributed by atoms with Crippen molar-refractivity contribution < 1.29 is 13.6 Å². The first-order valence-corrected chi connectivity index (χ1v) is 8.06. The zero-order valence-electron chi connectivity index (χ0n) is 12.6. The molecule has 4 aromatic rings. The molecule has 0 unspecified atom stereocenters. The zero-order chi connectivity index (χ0) is 17.4. The van der Waals surface area contributed by atoms with Crippen molar-refractivity contribution in [3.63, 3.8) is 0 Å². The Bertz CT molecular complexity index is 1170. The topological polar surface area (TPSA) is 84.2 Å². The Morgan fingerprint density at radius 1 is 1.20 bits per heavy atom. The molecular formula is C17H10FN3O3S. The van der Waals surface area contributed by atoms with Crippen LogP contribution in [-0.2, 0) is 0 Å². The molecule has 0 aliphatic carbocycles. The fourth-order valence-electron chi connectivity index (χ4n) is 2.36. The monoisotopic (exact) mass is 355 g/mol. The second-order valence-corrected chi connectivity index (χ2v) is 6.22. The highest BCUT2D eigenvalue weighted by atomic mass is 32.1. The van der Waals surface area contributed by atoms with Crippen LogP contribution in [0.5, 0.6) is 0 Å². The van der Waals surface area contributed by atoms with Crippen LogP contribution in [0.3, 0.4) is 0 Å². The molecule has 2 heterocycles. The van der Waals surface area contributed by atoms with Gasteiger partial charge in [-0.25, -0.2) is 9.37 Å². The van der Waals surface area contributed by atoms with Gasteiger partial charge in [0.2, 0.25) is 10.6 Å². The number of nitrogens with zero attached hydrogens (tertiary/aromatic N) is 1. The van der Waals surface area contributed by atoms with Crippen LogP contribution in [0.25, 0.3) is 21.2 Å². The molecule has 0 spiro atoms. The maximum Gasteiger partial charge on any atom is 0.276 e. The van der Waals surface area contributed by atoms with E-state index in [0.717, 1.165) is 6.26 Å². The van der Waals surface area contributed by atoms with Crippen LogP contribution in [-0.4, -0.2) is 10.9 Å². The minimum absolute atomic E-state index is 0.127. The van der Waals surface area contributed by atoms with Crippen LogP contribution in [0, 0.1) is 5.82 Å². The number of aromatic nitrogens is 1. The summed E-state index contributed by atoms with van der Waals surface area (Å²) in [7, 11) is 0. The van der Waals surface area contributed by atoms with Gasteiger partial charge in [-0.05, 0) is 30.3 Å². The van der Waals surface area contributed by atoms with E-state index in [1.165, 1.54) is 23.5 Å². The Labute approximate surface area is 143 Å². The second-order valence-electron chi connectivity index (χ2n) is 5.18. The molecule has 2 aromatic heterocycles. The molecule has 124 valence electrons. The number of anilines is 1. The molecule has 0 saturated carbocycles. The van der Waals surface area contributed by atoms with E-state index in [2.05, 4.69) is 15.8 Å². The first-order chi connectivity index (χ1) is 12.1. The number of hydrogen-bond acceptors (Lipinski definition) is 6. The number of rotatable bonds is 3. The van der Waals surface area contributed by atoms with E-state index in [-0.39, 0.29) is 11.4 Å². The number of thiazole rings is 1.